The maximum absolute atomic E-state index is 6.29. The summed E-state index contributed by atoms with van der Waals surface area (Å²) in [5.74, 6) is 1.66. The molecule has 0 unspecified atom stereocenters. The maximum Gasteiger partial charge on any atom is 0.150 e. The Morgan fingerprint density at radius 3 is 2.61 bits per heavy atom. The van der Waals surface area contributed by atoms with Gasteiger partial charge in [-0.05, 0) is 18.2 Å². The topological polar surface area (TPSA) is 9.23 Å². The van der Waals surface area contributed by atoms with Crippen LogP contribution in [-0.4, -0.2) is 0 Å². The molecule has 0 spiro atoms. The first-order valence-electron chi connectivity index (χ1n) is 5.77. The van der Waals surface area contributed by atoms with Crippen molar-refractivity contribution in [2.75, 3.05) is 0 Å². The van der Waals surface area contributed by atoms with Gasteiger partial charge in [0.2, 0.25) is 0 Å². The third-order valence-electron chi connectivity index (χ3n) is 3.45. The molecule has 1 nitrogen and oxygen atoms in total. The smallest absolute Gasteiger partial charge is 0.150 e. The van der Waals surface area contributed by atoms with Crippen molar-refractivity contribution in [3.8, 4) is 11.5 Å². The number of hydrogen-bond acceptors (Lipinski definition) is 1. The van der Waals surface area contributed by atoms with Crippen molar-refractivity contribution in [1.29, 1.82) is 0 Å². The minimum absolute atomic E-state index is 0.113. The Morgan fingerprint density at radius 1 is 1.11 bits per heavy atom. The average molecular weight is 324 g/mol. The fourth-order valence-corrected chi connectivity index (χ4v) is 3.30. The van der Waals surface area contributed by atoms with Crippen LogP contribution >= 0.6 is 27.5 Å². The van der Waals surface area contributed by atoms with Crippen LogP contribution in [0.3, 0.4) is 0 Å². The second kappa shape index (κ2) is 4.01. The maximum atomic E-state index is 6.29. The summed E-state index contributed by atoms with van der Waals surface area (Å²) in [5.41, 5.74) is 2.18. The number of halogens is 2. The Labute approximate surface area is 120 Å². The van der Waals surface area contributed by atoms with Crippen molar-refractivity contribution in [2.24, 2.45) is 0 Å². The highest BCUT2D eigenvalue weighted by Crippen LogP contribution is 2.50. The third kappa shape index (κ3) is 1.67. The molecule has 2 aromatic carbocycles. The van der Waals surface area contributed by atoms with E-state index in [1.807, 2.05) is 24.3 Å². The molecule has 0 amide bonds. The van der Waals surface area contributed by atoms with E-state index in [0.717, 1.165) is 21.5 Å². The van der Waals surface area contributed by atoms with Gasteiger partial charge in [0.1, 0.15) is 11.5 Å². The second-order valence-electron chi connectivity index (χ2n) is 4.99. The van der Waals surface area contributed by atoms with Crippen LogP contribution in [0.2, 0.25) is 5.02 Å². The van der Waals surface area contributed by atoms with E-state index in [-0.39, 0.29) is 5.41 Å². The molecule has 0 aliphatic carbocycles. The quantitative estimate of drug-likeness (QED) is 0.619. The largest absolute Gasteiger partial charge is 0.455 e. The number of ether oxygens (including phenoxy) is 1. The van der Waals surface area contributed by atoms with Gasteiger partial charge >= 0.3 is 0 Å². The van der Waals surface area contributed by atoms with Crippen LogP contribution in [0.5, 0.6) is 11.5 Å². The van der Waals surface area contributed by atoms with E-state index in [2.05, 4.69) is 41.9 Å². The van der Waals surface area contributed by atoms with Gasteiger partial charge < -0.3 is 4.74 Å². The van der Waals surface area contributed by atoms with E-state index >= 15 is 0 Å². The lowest BCUT2D eigenvalue weighted by atomic mass is 9.76. The van der Waals surface area contributed by atoms with Gasteiger partial charge in [-0.3, -0.25) is 0 Å². The summed E-state index contributed by atoms with van der Waals surface area (Å²) in [7, 11) is 0. The summed E-state index contributed by atoms with van der Waals surface area (Å²) < 4.78 is 6.92. The predicted molar refractivity (Wildman–Crippen MR) is 77.8 cm³/mol. The molecule has 0 N–H and O–H groups in total. The molecule has 18 heavy (non-hydrogen) atoms. The van der Waals surface area contributed by atoms with Crippen molar-refractivity contribution in [3.05, 3.63) is 57.0 Å². The molecule has 0 saturated heterocycles. The zero-order chi connectivity index (χ0) is 12.9. The molecule has 0 aromatic heterocycles. The first-order chi connectivity index (χ1) is 8.50. The summed E-state index contributed by atoms with van der Waals surface area (Å²) in [4.78, 5) is 0. The molecule has 0 bridgehead atoms. The van der Waals surface area contributed by atoms with Crippen LogP contribution < -0.4 is 4.74 Å². The second-order valence-corrected chi connectivity index (χ2v) is 6.31. The molecule has 0 radical (unpaired) electrons. The van der Waals surface area contributed by atoms with Crippen LogP contribution in [-0.2, 0) is 5.41 Å². The summed E-state index contributed by atoms with van der Waals surface area (Å²) >= 11 is 9.78. The van der Waals surface area contributed by atoms with E-state index in [9.17, 15) is 0 Å². The highest BCUT2D eigenvalue weighted by atomic mass is 79.9. The van der Waals surface area contributed by atoms with Crippen LogP contribution in [0, 0.1) is 0 Å². The first kappa shape index (κ1) is 12.1. The van der Waals surface area contributed by atoms with Gasteiger partial charge in [-0.25, -0.2) is 0 Å². The van der Waals surface area contributed by atoms with Crippen LogP contribution in [0.25, 0.3) is 0 Å². The molecule has 3 heteroatoms. The minimum atomic E-state index is -0.113. The summed E-state index contributed by atoms with van der Waals surface area (Å²) in [6.07, 6.45) is 0. The number of hydrogen-bond donors (Lipinski definition) is 0. The number of benzene rings is 2. The highest BCUT2D eigenvalue weighted by Gasteiger charge is 2.35. The van der Waals surface area contributed by atoms with E-state index in [1.165, 1.54) is 5.56 Å². The van der Waals surface area contributed by atoms with Crippen molar-refractivity contribution >= 4 is 27.5 Å². The Balaban J connectivity index is 2.31. The van der Waals surface area contributed by atoms with Crippen molar-refractivity contribution in [1.82, 2.24) is 0 Å². The summed E-state index contributed by atoms with van der Waals surface area (Å²) in [5, 5.41) is 0.641. The molecule has 92 valence electrons. The number of fused-ring (bicyclic) bond motifs is 2. The number of para-hydroxylation sites is 1. The van der Waals surface area contributed by atoms with Gasteiger partial charge in [-0.1, -0.05) is 59.6 Å². The monoisotopic (exact) mass is 322 g/mol. The van der Waals surface area contributed by atoms with Gasteiger partial charge in [0.25, 0.3) is 0 Å². The fourth-order valence-electron chi connectivity index (χ4n) is 2.46. The zero-order valence-corrected chi connectivity index (χ0v) is 12.5. The lowest BCUT2D eigenvalue weighted by molar-refractivity contribution is 0.418. The molecule has 0 atom stereocenters. The van der Waals surface area contributed by atoms with Gasteiger partial charge in [0.15, 0.2) is 0 Å². The molecule has 0 fully saturated rings. The van der Waals surface area contributed by atoms with E-state index in [0.29, 0.717) is 5.02 Å². The Morgan fingerprint density at radius 2 is 1.83 bits per heavy atom. The fraction of sp³-hybridized carbons (Fsp3) is 0.200. The van der Waals surface area contributed by atoms with E-state index in [4.69, 9.17) is 16.3 Å². The van der Waals surface area contributed by atoms with Crippen molar-refractivity contribution in [2.45, 2.75) is 19.3 Å². The Hall–Kier alpha value is -0.990. The lowest BCUT2D eigenvalue weighted by Crippen LogP contribution is -2.24. The van der Waals surface area contributed by atoms with Crippen LogP contribution in [0.15, 0.2) is 40.9 Å². The molecular weight excluding hydrogens is 312 g/mol. The standard InChI is InChI=1S/C15H12BrClO/c1-15(2)10-5-3-4-6-13(10)18-14-11(15)7-9(16)8-12(14)17/h3-8H,1-2H3. The van der Waals surface area contributed by atoms with Crippen molar-refractivity contribution in [3.63, 3.8) is 0 Å². The average Bonchev–Trinajstić information content (AvgIpc) is 2.31. The molecule has 3 rings (SSSR count). The Kier molecular flexibility index (Phi) is 2.68. The molecule has 1 aliphatic heterocycles. The minimum Gasteiger partial charge on any atom is -0.455 e. The SMILES string of the molecule is CC1(C)c2ccccc2Oc2c(Cl)cc(Br)cc21. The van der Waals surface area contributed by atoms with Crippen molar-refractivity contribution < 1.29 is 4.74 Å². The molecule has 1 aliphatic rings. The van der Waals surface area contributed by atoms with Gasteiger partial charge in [0.05, 0.1) is 5.02 Å². The molecule has 0 saturated carbocycles. The molecule has 2 aromatic rings. The van der Waals surface area contributed by atoms with E-state index in [1.54, 1.807) is 0 Å². The zero-order valence-electron chi connectivity index (χ0n) is 10.1. The Bertz CT molecular complexity index is 634. The summed E-state index contributed by atoms with van der Waals surface area (Å²) in [6, 6.07) is 12.0. The first-order valence-corrected chi connectivity index (χ1v) is 6.94. The summed E-state index contributed by atoms with van der Waals surface area (Å²) in [6.45, 7) is 4.38. The molecule has 1 heterocycles. The third-order valence-corrected chi connectivity index (χ3v) is 4.19. The molecular formula is C15H12BrClO. The highest BCUT2D eigenvalue weighted by molar-refractivity contribution is 9.10. The number of rotatable bonds is 0. The van der Waals surface area contributed by atoms with Crippen LogP contribution in [0.4, 0.5) is 0 Å². The van der Waals surface area contributed by atoms with Gasteiger partial charge in [-0.15, -0.1) is 0 Å². The van der Waals surface area contributed by atoms with Gasteiger partial charge in [0, 0.05) is 21.0 Å². The van der Waals surface area contributed by atoms with Gasteiger partial charge in [-0.2, -0.15) is 0 Å². The lowest BCUT2D eigenvalue weighted by Gasteiger charge is -2.35. The van der Waals surface area contributed by atoms with E-state index < -0.39 is 0 Å². The normalized spacial score (nSPS) is 15.6. The van der Waals surface area contributed by atoms with Crippen LogP contribution in [0.1, 0.15) is 25.0 Å². The predicted octanol–water partition coefficient (Wildman–Crippen LogP) is 5.53.